The van der Waals surface area contributed by atoms with Gasteiger partial charge in [-0.05, 0) is 49.1 Å². The Morgan fingerprint density at radius 3 is 2.62 bits per heavy atom. The Labute approximate surface area is 186 Å². The minimum absolute atomic E-state index is 0.00267. The van der Waals surface area contributed by atoms with E-state index in [2.05, 4.69) is 15.6 Å². The van der Waals surface area contributed by atoms with Gasteiger partial charge in [-0.3, -0.25) is 9.69 Å². The van der Waals surface area contributed by atoms with Crippen molar-refractivity contribution in [2.24, 2.45) is 16.6 Å². The molecule has 0 saturated carbocycles. The van der Waals surface area contributed by atoms with E-state index in [1.54, 1.807) is 43.3 Å². The number of hydrogen-bond acceptors (Lipinski definition) is 5. The van der Waals surface area contributed by atoms with Gasteiger partial charge in [-0.2, -0.15) is 0 Å². The molecule has 3 rings (SSSR count). The van der Waals surface area contributed by atoms with Crippen molar-refractivity contribution in [1.29, 1.82) is 0 Å². The van der Waals surface area contributed by atoms with Crippen LogP contribution in [-0.4, -0.2) is 28.3 Å². The highest BCUT2D eigenvalue weighted by molar-refractivity contribution is 6.06. The van der Waals surface area contributed by atoms with Crippen LogP contribution in [0.5, 0.6) is 0 Å². The smallest absolute Gasteiger partial charge is 0.319 e. The maximum atomic E-state index is 14.7. The molecule has 3 amide bonds. The number of halogens is 1. The van der Waals surface area contributed by atoms with Gasteiger partial charge in [0, 0.05) is 23.5 Å². The first-order chi connectivity index (χ1) is 15.1. The highest BCUT2D eigenvalue weighted by Crippen LogP contribution is 2.29. The lowest BCUT2D eigenvalue weighted by Crippen LogP contribution is -2.43. The molecule has 170 valence electrons. The first-order valence-electron chi connectivity index (χ1n) is 10.4. The van der Waals surface area contributed by atoms with Crippen molar-refractivity contribution in [1.82, 2.24) is 10.2 Å². The largest absolute Gasteiger partial charge is 0.399 e. The van der Waals surface area contributed by atoms with Gasteiger partial charge in [0.15, 0.2) is 5.96 Å². The van der Waals surface area contributed by atoms with Gasteiger partial charge in [-0.1, -0.05) is 32.0 Å². The summed E-state index contributed by atoms with van der Waals surface area (Å²) in [5, 5.41) is 5.33. The quantitative estimate of drug-likeness (QED) is 0.493. The summed E-state index contributed by atoms with van der Waals surface area (Å²) < 4.78 is 14.7. The monoisotopic (exact) mass is 440 g/mol. The lowest BCUT2D eigenvalue weighted by Gasteiger charge is -2.23. The number of guanidine groups is 1. The Morgan fingerprint density at radius 2 is 1.97 bits per heavy atom. The SMILES string of the molecule is CC(C)CC1(C)N=C(N)N(Cc2ccc(CNC(=O)Nc3cccc(N)c3)cc2F)C1=O. The number of carbonyl (C=O) groups excluding carboxylic acids is 2. The number of anilines is 2. The summed E-state index contributed by atoms with van der Waals surface area (Å²) in [6, 6.07) is 11.0. The van der Waals surface area contributed by atoms with Gasteiger partial charge in [0.25, 0.3) is 5.91 Å². The first-order valence-corrected chi connectivity index (χ1v) is 10.4. The Balaban J connectivity index is 1.60. The van der Waals surface area contributed by atoms with Gasteiger partial charge in [0.05, 0.1) is 6.54 Å². The molecule has 6 N–H and O–H groups in total. The second-order valence-corrected chi connectivity index (χ2v) is 8.59. The molecule has 0 aromatic heterocycles. The molecule has 32 heavy (non-hydrogen) atoms. The maximum absolute atomic E-state index is 14.7. The number of carbonyl (C=O) groups is 2. The lowest BCUT2D eigenvalue weighted by molar-refractivity contribution is -0.131. The van der Waals surface area contributed by atoms with Crippen molar-refractivity contribution in [2.45, 2.75) is 45.8 Å². The van der Waals surface area contributed by atoms with E-state index in [-0.39, 0.29) is 30.9 Å². The van der Waals surface area contributed by atoms with Crippen LogP contribution in [0.1, 0.15) is 38.3 Å². The molecule has 0 bridgehead atoms. The number of hydrogen-bond donors (Lipinski definition) is 4. The van der Waals surface area contributed by atoms with Gasteiger partial charge in [0.2, 0.25) is 0 Å². The predicted octanol–water partition coefficient (Wildman–Crippen LogP) is 3.19. The summed E-state index contributed by atoms with van der Waals surface area (Å²) in [7, 11) is 0. The van der Waals surface area contributed by atoms with E-state index in [9.17, 15) is 14.0 Å². The van der Waals surface area contributed by atoms with Crippen molar-refractivity contribution >= 4 is 29.3 Å². The fourth-order valence-corrected chi connectivity index (χ4v) is 3.81. The zero-order chi connectivity index (χ0) is 23.5. The topological polar surface area (TPSA) is 126 Å². The minimum atomic E-state index is -0.921. The van der Waals surface area contributed by atoms with E-state index < -0.39 is 17.4 Å². The highest BCUT2D eigenvalue weighted by Gasteiger charge is 2.44. The number of nitrogen functional groups attached to an aromatic ring is 1. The predicted molar refractivity (Wildman–Crippen MR) is 123 cm³/mol. The van der Waals surface area contributed by atoms with Gasteiger partial charge in [0.1, 0.15) is 11.4 Å². The van der Waals surface area contributed by atoms with Crippen molar-refractivity contribution in [3.63, 3.8) is 0 Å². The summed E-state index contributed by atoms with van der Waals surface area (Å²) in [6.07, 6.45) is 0.563. The van der Waals surface area contributed by atoms with Crippen LogP contribution in [0.15, 0.2) is 47.5 Å². The molecule has 0 saturated heterocycles. The minimum Gasteiger partial charge on any atom is -0.399 e. The maximum Gasteiger partial charge on any atom is 0.319 e. The number of amides is 3. The molecule has 1 aliphatic heterocycles. The Morgan fingerprint density at radius 1 is 1.22 bits per heavy atom. The van der Waals surface area contributed by atoms with E-state index in [4.69, 9.17) is 11.5 Å². The van der Waals surface area contributed by atoms with Crippen molar-refractivity contribution in [3.8, 4) is 0 Å². The zero-order valence-corrected chi connectivity index (χ0v) is 18.5. The van der Waals surface area contributed by atoms with Crippen LogP contribution in [0.3, 0.4) is 0 Å². The zero-order valence-electron chi connectivity index (χ0n) is 18.5. The number of nitrogens with two attached hydrogens (primary N) is 2. The lowest BCUT2D eigenvalue weighted by atomic mass is 9.91. The number of nitrogens with zero attached hydrogens (tertiary/aromatic N) is 2. The summed E-state index contributed by atoms with van der Waals surface area (Å²) in [5.74, 6) is -0.354. The molecular formula is C23H29FN6O2. The van der Waals surface area contributed by atoms with E-state index in [1.807, 2.05) is 13.8 Å². The van der Waals surface area contributed by atoms with Crippen LogP contribution in [0.2, 0.25) is 0 Å². The molecule has 8 nitrogen and oxygen atoms in total. The molecular weight excluding hydrogens is 411 g/mol. The standard InChI is InChI=1S/C23H29FN6O2/c1-14(2)11-23(3)20(31)30(21(26)29-23)13-16-8-7-15(9-19(16)24)12-27-22(32)28-18-6-4-5-17(25)10-18/h4-10,14H,11-13,25H2,1-3H3,(H2,26,29)(H2,27,28,32). The Bertz CT molecular complexity index is 1050. The number of rotatable bonds is 7. The number of urea groups is 1. The average molecular weight is 441 g/mol. The molecule has 0 spiro atoms. The van der Waals surface area contributed by atoms with Crippen molar-refractivity contribution < 1.29 is 14.0 Å². The third-order valence-electron chi connectivity index (χ3n) is 5.19. The van der Waals surface area contributed by atoms with Gasteiger partial charge < -0.3 is 22.1 Å². The van der Waals surface area contributed by atoms with E-state index >= 15 is 0 Å². The van der Waals surface area contributed by atoms with Crippen molar-refractivity contribution in [3.05, 3.63) is 59.4 Å². The second-order valence-electron chi connectivity index (χ2n) is 8.59. The highest BCUT2D eigenvalue weighted by atomic mass is 19.1. The van der Waals surface area contributed by atoms with Gasteiger partial charge in [-0.15, -0.1) is 0 Å². The number of benzene rings is 2. The summed E-state index contributed by atoms with van der Waals surface area (Å²) in [5.41, 5.74) is 12.7. The normalized spacial score (nSPS) is 18.1. The third-order valence-corrected chi connectivity index (χ3v) is 5.19. The second kappa shape index (κ2) is 9.25. The van der Waals surface area contributed by atoms with Crippen LogP contribution < -0.4 is 22.1 Å². The summed E-state index contributed by atoms with van der Waals surface area (Å²) >= 11 is 0. The van der Waals surface area contributed by atoms with Gasteiger partial charge in [-0.25, -0.2) is 14.2 Å². The molecule has 0 fully saturated rings. The summed E-state index contributed by atoms with van der Waals surface area (Å²) in [4.78, 5) is 30.6. The molecule has 9 heteroatoms. The average Bonchev–Trinajstić information content (AvgIpc) is 2.90. The van der Waals surface area contributed by atoms with Crippen LogP contribution in [0.25, 0.3) is 0 Å². The molecule has 1 aliphatic rings. The number of nitrogens with one attached hydrogen (secondary N) is 2. The van der Waals surface area contributed by atoms with E-state index in [1.165, 1.54) is 11.0 Å². The molecule has 2 aromatic rings. The fourth-order valence-electron chi connectivity index (χ4n) is 3.81. The Hall–Kier alpha value is -3.62. The van der Waals surface area contributed by atoms with Crippen LogP contribution in [-0.2, 0) is 17.9 Å². The fraction of sp³-hybridized carbons (Fsp3) is 0.348. The van der Waals surface area contributed by atoms with Crippen LogP contribution in [0.4, 0.5) is 20.6 Å². The molecule has 0 radical (unpaired) electrons. The number of aliphatic imine (C=N–C) groups is 1. The third kappa shape index (κ3) is 5.35. The molecule has 0 aliphatic carbocycles. The summed E-state index contributed by atoms with van der Waals surface area (Å²) in [6.45, 7) is 5.90. The van der Waals surface area contributed by atoms with E-state index in [0.717, 1.165) is 0 Å². The van der Waals surface area contributed by atoms with Crippen LogP contribution >= 0.6 is 0 Å². The molecule has 1 heterocycles. The molecule has 1 unspecified atom stereocenters. The van der Waals surface area contributed by atoms with E-state index in [0.29, 0.717) is 28.9 Å². The molecule has 2 aromatic carbocycles. The Kier molecular flexibility index (Phi) is 6.67. The van der Waals surface area contributed by atoms with Gasteiger partial charge >= 0.3 is 6.03 Å². The van der Waals surface area contributed by atoms with Crippen LogP contribution in [0, 0.1) is 11.7 Å². The first kappa shape index (κ1) is 23.1. The van der Waals surface area contributed by atoms with Crippen molar-refractivity contribution in [2.75, 3.05) is 11.1 Å². The molecule has 1 atom stereocenters.